The standard InChI is InChI=1S/C15H21ClN2/c1-18(13-3-2-8-17-10-13)15-7-4-11-9-12(16)5-6-14(11)15/h5-6,9,13,15,17H,2-4,7-8,10H2,1H3. The molecule has 0 radical (unpaired) electrons. The Labute approximate surface area is 114 Å². The molecule has 1 fully saturated rings. The fourth-order valence-electron chi connectivity index (χ4n) is 3.42. The quantitative estimate of drug-likeness (QED) is 0.883. The first-order valence-electron chi connectivity index (χ1n) is 6.96. The van der Waals surface area contributed by atoms with Crippen LogP contribution in [0, 0.1) is 0 Å². The molecule has 3 rings (SSSR count). The first-order chi connectivity index (χ1) is 8.75. The lowest BCUT2D eigenvalue weighted by atomic mass is 10.0. The monoisotopic (exact) mass is 264 g/mol. The maximum absolute atomic E-state index is 6.08. The van der Waals surface area contributed by atoms with Crippen LogP contribution in [0.4, 0.5) is 0 Å². The molecule has 1 heterocycles. The van der Waals surface area contributed by atoms with Gasteiger partial charge in [0, 0.05) is 23.7 Å². The zero-order valence-corrected chi connectivity index (χ0v) is 11.7. The molecule has 0 aromatic heterocycles. The number of halogens is 1. The third-order valence-electron chi connectivity index (χ3n) is 4.49. The van der Waals surface area contributed by atoms with Gasteiger partial charge in [-0.3, -0.25) is 4.90 Å². The Morgan fingerprint density at radius 3 is 3.00 bits per heavy atom. The van der Waals surface area contributed by atoms with Gasteiger partial charge in [-0.05, 0) is 62.5 Å². The molecule has 1 saturated heterocycles. The number of aryl methyl sites for hydroxylation is 1. The number of benzene rings is 1. The van der Waals surface area contributed by atoms with Crippen molar-refractivity contribution in [2.45, 2.75) is 37.8 Å². The van der Waals surface area contributed by atoms with Gasteiger partial charge in [0.2, 0.25) is 0 Å². The average molecular weight is 265 g/mol. The molecule has 18 heavy (non-hydrogen) atoms. The van der Waals surface area contributed by atoms with Gasteiger partial charge in [0.25, 0.3) is 0 Å². The van der Waals surface area contributed by atoms with Crippen LogP contribution >= 0.6 is 11.6 Å². The molecule has 0 bridgehead atoms. The van der Waals surface area contributed by atoms with E-state index in [1.807, 2.05) is 6.07 Å². The molecule has 1 aliphatic heterocycles. The number of nitrogens with one attached hydrogen (secondary N) is 1. The molecule has 0 spiro atoms. The molecule has 0 amide bonds. The molecule has 2 aliphatic rings. The van der Waals surface area contributed by atoms with Crippen molar-refractivity contribution in [1.29, 1.82) is 0 Å². The van der Waals surface area contributed by atoms with E-state index in [0.717, 1.165) is 11.6 Å². The summed E-state index contributed by atoms with van der Waals surface area (Å²) in [5.41, 5.74) is 2.94. The van der Waals surface area contributed by atoms with Crippen molar-refractivity contribution >= 4 is 11.6 Å². The van der Waals surface area contributed by atoms with Crippen molar-refractivity contribution in [1.82, 2.24) is 10.2 Å². The maximum atomic E-state index is 6.08. The van der Waals surface area contributed by atoms with Gasteiger partial charge < -0.3 is 5.32 Å². The van der Waals surface area contributed by atoms with E-state index in [9.17, 15) is 0 Å². The van der Waals surface area contributed by atoms with Gasteiger partial charge in [0.05, 0.1) is 0 Å². The van der Waals surface area contributed by atoms with Gasteiger partial charge in [-0.15, -0.1) is 0 Å². The Bertz CT molecular complexity index is 427. The second-order valence-corrected chi connectivity index (χ2v) is 6.00. The molecule has 1 N–H and O–H groups in total. The second kappa shape index (κ2) is 5.20. The number of nitrogens with zero attached hydrogens (tertiary/aromatic N) is 1. The van der Waals surface area contributed by atoms with Crippen LogP contribution < -0.4 is 5.32 Å². The topological polar surface area (TPSA) is 15.3 Å². The molecule has 1 aliphatic carbocycles. The highest BCUT2D eigenvalue weighted by Gasteiger charge is 2.30. The third kappa shape index (κ3) is 2.29. The van der Waals surface area contributed by atoms with E-state index < -0.39 is 0 Å². The van der Waals surface area contributed by atoms with E-state index in [0.29, 0.717) is 12.1 Å². The van der Waals surface area contributed by atoms with E-state index >= 15 is 0 Å². The number of hydrogen-bond donors (Lipinski definition) is 1. The Morgan fingerprint density at radius 2 is 2.22 bits per heavy atom. The van der Waals surface area contributed by atoms with Crippen molar-refractivity contribution in [3.63, 3.8) is 0 Å². The highest BCUT2D eigenvalue weighted by molar-refractivity contribution is 6.30. The zero-order chi connectivity index (χ0) is 12.5. The van der Waals surface area contributed by atoms with Crippen LogP contribution in [0.25, 0.3) is 0 Å². The summed E-state index contributed by atoms with van der Waals surface area (Å²) >= 11 is 6.08. The van der Waals surface area contributed by atoms with Crippen LogP contribution in [-0.2, 0) is 6.42 Å². The SMILES string of the molecule is CN(C1CCCNC1)C1CCc2cc(Cl)ccc21. The molecular weight excluding hydrogens is 244 g/mol. The third-order valence-corrected chi connectivity index (χ3v) is 4.72. The summed E-state index contributed by atoms with van der Waals surface area (Å²) in [4.78, 5) is 2.58. The molecule has 98 valence electrons. The number of rotatable bonds is 2. The molecular formula is C15H21ClN2. The van der Waals surface area contributed by atoms with E-state index in [1.165, 1.54) is 43.4 Å². The lowest BCUT2D eigenvalue weighted by molar-refractivity contribution is 0.146. The average Bonchev–Trinajstić information content (AvgIpc) is 2.81. The van der Waals surface area contributed by atoms with Crippen LogP contribution in [0.5, 0.6) is 0 Å². The van der Waals surface area contributed by atoms with Crippen molar-refractivity contribution in [3.8, 4) is 0 Å². The van der Waals surface area contributed by atoms with E-state index in [2.05, 4.69) is 29.4 Å². The minimum Gasteiger partial charge on any atom is -0.315 e. The lowest BCUT2D eigenvalue weighted by Gasteiger charge is -2.36. The van der Waals surface area contributed by atoms with Crippen LogP contribution in [0.15, 0.2) is 18.2 Å². The molecule has 2 nitrogen and oxygen atoms in total. The van der Waals surface area contributed by atoms with Gasteiger partial charge >= 0.3 is 0 Å². The Kier molecular flexibility index (Phi) is 3.60. The number of hydrogen-bond acceptors (Lipinski definition) is 2. The van der Waals surface area contributed by atoms with Crippen LogP contribution in [0.3, 0.4) is 0 Å². The van der Waals surface area contributed by atoms with Crippen molar-refractivity contribution in [2.24, 2.45) is 0 Å². The van der Waals surface area contributed by atoms with Gasteiger partial charge in [-0.1, -0.05) is 17.7 Å². The first kappa shape index (κ1) is 12.5. The summed E-state index contributed by atoms with van der Waals surface area (Å²) in [6.07, 6.45) is 5.03. The summed E-state index contributed by atoms with van der Waals surface area (Å²) in [6, 6.07) is 7.67. The number of likely N-dealkylation sites (N-methyl/N-ethyl adjacent to an activating group) is 1. The minimum atomic E-state index is 0.585. The summed E-state index contributed by atoms with van der Waals surface area (Å²) in [5.74, 6) is 0. The fraction of sp³-hybridized carbons (Fsp3) is 0.600. The van der Waals surface area contributed by atoms with E-state index in [-0.39, 0.29) is 0 Å². The van der Waals surface area contributed by atoms with Gasteiger partial charge in [-0.2, -0.15) is 0 Å². The summed E-state index contributed by atoms with van der Waals surface area (Å²) in [5, 5.41) is 4.38. The largest absolute Gasteiger partial charge is 0.315 e. The molecule has 3 heteroatoms. The molecule has 2 unspecified atom stereocenters. The van der Waals surface area contributed by atoms with Crippen LogP contribution in [0.2, 0.25) is 5.02 Å². The number of fused-ring (bicyclic) bond motifs is 1. The Hall–Kier alpha value is -0.570. The highest BCUT2D eigenvalue weighted by Crippen LogP contribution is 2.37. The van der Waals surface area contributed by atoms with Gasteiger partial charge in [0.15, 0.2) is 0 Å². The van der Waals surface area contributed by atoms with Crippen LogP contribution in [-0.4, -0.2) is 31.1 Å². The van der Waals surface area contributed by atoms with E-state index in [4.69, 9.17) is 11.6 Å². The molecule has 1 aromatic carbocycles. The number of piperidine rings is 1. The second-order valence-electron chi connectivity index (χ2n) is 5.56. The summed E-state index contributed by atoms with van der Waals surface area (Å²) < 4.78 is 0. The predicted octanol–water partition coefficient (Wildman–Crippen LogP) is 3.01. The first-order valence-corrected chi connectivity index (χ1v) is 7.34. The fourth-order valence-corrected chi connectivity index (χ4v) is 3.62. The van der Waals surface area contributed by atoms with Gasteiger partial charge in [-0.25, -0.2) is 0 Å². The van der Waals surface area contributed by atoms with Gasteiger partial charge in [0.1, 0.15) is 0 Å². The molecule has 0 saturated carbocycles. The van der Waals surface area contributed by atoms with Crippen molar-refractivity contribution in [3.05, 3.63) is 34.3 Å². The highest BCUT2D eigenvalue weighted by atomic mass is 35.5. The zero-order valence-electron chi connectivity index (χ0n) is 11.0. The van der Waals surface area contributed by atoms with E-state index in [1.54, 1.807) is 0 Å². The summed E-state index contributed by atoms with van der Waals surface area (Å²) in [6.45, 7) is 2.32. The van der Waals surface area contributed by atoms with Crippen LogP contribution in [0.1, 0.15) is 36.4 Å². The normalized spacial score (nSPS) is 27.5. The summed E-state index contributed by atoms with van der Waals surface area (Å²) in [7, 11) is 2.28. The van der Waals surface area contributed by atoms with Crippen molar-refractivity contribution < 1.29 is 0 Å². The molecule has 2 atom stereocenters. The predicted molar refractivity (Wildman–Crippen MR) is 76.2 cm³/mol. The van der Waals surface area contributed by atoms with Crippen molar-refractivity contribution in [2.75, 3.05) is 20.1 Å². The maximum Gasteiger partial charge on any atom is 0.0408 e. The Morgan fingerprint density at radius 1 is 1.33 bits per heavy atom. The smallest absolute Gasteiger partial charge is 0.0408 e. The minimum absolute atomic E-state index is 0.585. The molecule has 1 aromatic rings. The lowest BCUT2D eigenvalue weighted by Crippen LogP contribution is -2.45. The Balaban J connectivity index is 1.78.